The standard InChI is InChI=1S/C13H17N3O5/c1-9-3-4-10(7-11(9)16(19)20)13(18)15-8-12(17)14-5-6-21-2/h3-4,7H,5-6,8H2,1-2H3,(H,14,17)(H,15,18). The first-order chi connectivity index (χ1) is 9.95. The summed E-state index contributed by atoms with van der Waals surface area (Å²) < 4.78 is 4.77. The maximum absolute atomic E-state index is 11.8. The molecule has 0 fully saturated rings. The van der Waals surface area contributed by atoms with E-state index in [1.54, 1.807) is 6.92 Å². The van der Waals surface area contributed by atoms with Gasteiger partial charge in [-0.1, -0.05) is 6.07 Å². The molecule has 114 valence electrons. The van der Waals surface area contributed by atoms with Crippen LogP contribution in [-0.2, 0) is 9.53 Å². The minimum Gasteiger partial charge on any atom is -0.383 e. The van der Waals surface area contributed by atoms with Crippen LogP contribution in [0.5, 0.6) is 0 Å². The smallest absolute Gasteiger partial charge is 0.273 e. The number of amides is 2. The van der Waals surface area contributed by atoms with Crippen molar-refractivity contribution in [1.29, 1.82) is 0 Å². The largest absolute Gasteiger partial charge is 0.383 e. The maximum atomic E-state index is 11.8. The van der Waals surface area contributed by atoms with Crippen molar-refractivity contribution in [2.24, 2.45) is 0 Å². The third-order valence-electron chi connectivity index (χ3n) is 2.71. The second kappa shape index (κ2) is 7.95. The van der Waals surface area contributed by atoms with Gasteiger partial charge in [-0.3, -0.25) is 19.7 Å². The molecule has 0 unspecified atom stereocenters. The molecule has 8 heteroatoms. The third-order valence-corrected chi connectivity index (χ3v) is 2.71. The van der Waals surface area contributed by atoms with Crippen molar-refractivity contribution in [1.82, 2.24) is 10.6 Å². The Morgan fingerprint density at radius 2 is 2.05 bits per heavy atom. The highest BCUT2D eigenvalue weighted by molar-refractivity contribution is 5.97. The number of carbonyl (C=O) groups excluding carboxylic acids is 2. The molecule has 2 amide bonds. The van der Waals surface area contributed by atoms with E-state index in [1.165, 1.54) is 25.3 Å². The Labute approximate surface area is 121 Å². The number of nitro groups is 1. The number of nitrogens with zero attached hydrogens (tertiary/aromatic N) is 1. The van der Waals surface area contributed by atoms with E-state index in [0.717, 1.165) is 0 Å². The van der Waals surface area contributed by atoms with Crippen molar-refractivity contribution in [2.45, 2.75) is 6.92 Å². The predicted octanol–water partition coefficient (Wildman–Crippen LogP) is 0.396. The van der Waals surface area contributed by atoms with Gasteiger partial charge in [0.1, 0.15) is 0 Å². The zero-order valence-corrected chi connectivity index (χ0v) is 11.8. The number of rotatable bonds is 7. The third kappa shape index (κ3) is 5.19. The molecule has 1 aromatic carbocycles. The number of methoxy groups -OCH3 is 1. The quantitative estimate of drug-likeness (QED) is 0.429. The predicted molar refractivity (Wildman–Crippen MR) is 75.1 cm³/mol. The van der Waals surface area contributed by atoms with Gasteiger partial charge in [0, 0.05) is 30.8 Å². The van der Waals surface area contributed by atoms with Gasteiger partial charge in [0.2, 0.25) is 5.91 Å². The molecule has 0 atom stereocenters. The van der Waals surface area contributed by atoms with Gasteiger partial charge in [0.05, 0.1) is 18.1 Å². The van der Waals surface area contributed by atoms with Gasteiger partial charge < -0.3 is 15.4 Å². The van der Waals surface area contributed by atoms with Gasteiger partial charge in [-0.2, -0.15) is 0 Å². The summed E-state index contributed by atoms with van der Waals surface area (Å²) in [6.07, 6.45) is 0. The summed E-state index contributed by atoms with van der Waals surface area (Å²) in [5.41, 5.74) is 0.470. The molecule has 0 aliphatic rings. The molecule has 1 rings (SSSR count). The van der Waals surface area contributed by atoms with Crippen molar-refractivity contribution in [3.63, 3.8) is 0 Å². The second-order valence-corrected chi connectivity index (χ2v) is 4.28. The molecule has 0 spiro atoms. The molecule has 0 radical (unpaired) electrons. The zero-order chi connectivity index (χ0) is 15.8. The fourth-order valence-electron chi connectivity index (χ4n) is 1.56. The fraction of sp³-hybridized carbons (Fsp3) is 0.385. The molecule has 0 heterocycles. The molecule has 0 bridgehead atoms. The van der Waals surface area contributed by atoms with Gasteiger partial charge >= 0.3 is 0 Å². The van der Waals surface area contributed by atoms with Crippen LogP contribution >= 0.6 is 0 Å². The van der Waals surface area contributed by atoms with E-state index in [4.69, 9.17) is 4.74 Å². The Bertz CT molecular complexity index is 545. The van der Waals surface area contributed by atoms with E-state index < -0.39 is 10.8 Å². The number of nitrogens with one attached hydrogen (secondary N) is 2. The Kier molecular flexibility index (Phi) is 6.28. The fourth-order valence-corrected chi connectivity index (χ4v) is 1.56. The lowest BCUT2D eigenvalue weighted by Crippen LogP contribution is -2.38. The van der Waals surface area contributed by atoms with Gasteiger partial charge in [-0.15, -0.1) is 0 Å². The highest BCUT2D eigenvalue weighted by Gasteiger charge is 2.15. The number of nitro benzene ring substituents is 1. The molecule has 0 saturated heterocycles. The monoisotopic (exact) mass is 295 g/mol. The first-order valence-corrected chi connectivity index (χ1v) is 6.24. The van der Waals surface area contributed by atoms with E-state index in [2.05, 4.69) is 10.6 Å². The van der Waals surface area contributed by atoms with Crippen LogP contribution in [0.25, 0.3) is 0 Å². The van der Waals surface area contributed by atoms with E-state index in [-0.39, 0.29) is 23.7 Å². The lowest BCUT2D eigenvalue weighted by molar-refractivity contribution is -0.385. The molecule has 0 saturated carbocycles. The van der Waals surface area contributed by atoms with Crippen LogP contribution in [0.4, 0.5) is 5.69 Å². The minimum absolute atomic E-state index is 0.132. The molecular formula is C13H17N3O5. The number of hydrogen-bond donors (Lipinski definition) is 2. The average molecular weight is 295 g/mol. The molecule has 0 aromatic heterocycles. The Morgan fingerprint density at radius 1 is 1.33 bits per heavy atom. The number of carbonyl (C=O) groups is 2. The zero-order valence-electron chi connectivity index (χ0n) is 11.8. The molecule has 8 nitrogen and oxygen atoms in total. The lowest BCUT2D eigenvalue weighted by atomic mass is 10.1. The molecular weight excluding hydrogens is 278 g/mol. The summed E-state index contributed by atoms with van der Waals surface area (Å²) in [6.45, 7) is 2.11. The Morgan fingerprint density at radius 3 is 2.67 bits per heavy atom. The normalized spacial score (nSPS) is 10.0. The van der Waals surface area contributed by atoms with Crippen LogP contribution < -0.4 is 10.6 Å². The van der Waals surface area contributed by atoms with Crippen molar-refractivity contribution >= 4 is 17.5 Å². The van der Waals surface area contributed by atoms with Crippen LogP contribution in [0.2, 0.25) is 0 Å². The summed E-state index contributed by atoms with van der Waals surface area (Å²) in [4.78, 5) is 33.5. The highest BCUT2D eigenvalue weighted by Crippen LogP contribution is 2.18. The van der Waals surface area contributed by atoms with E-state index >= 15 is 0 Å². The summed E-state index contributed by atoms with van der Waals surface area (Å²) in [7, 11) is 1.51. The SMILES string of the molecule is COCCNC(=O)CNC(=O)c1ccc(C)c([N+](=O)[O-])c1. The van der Waals surface area contributed by atoms with Crippen LogP contribution in [0.3, 0.4) is 0 Å². The van der Waals surface area contributed by atoms with E-state index in [0.29, 0.717) is 18.7 Å². The van der Waals surface area contributed by atoms with Crippen molar-refractivity contribution < 1.29 is 19.2 Å². The minimum atomic E-state index is -0.552. The van der Waals surface area contributed by atoms with E-state index in [9.17, 15) is 19.7 Å². The molecule has 1 aromatic rings. The van der Waals surface area contributed by atoms with E-state index in [1.807, 2.05) is 0 Å². The molecule has 2 N–H and O–H groups in total. The number of benzene rings is 1. The Balaban J connectivity index is 2.58. The maximum Gasteiger partial charge on any atom is 0.273 e. The average Bonchev–Trinajstić information content (AvgIpc) is 2.45. The summed E-state index contributed by atoms with van der Waals surface area (Å²) in [6, 6.07) is 4.15. The van der Waals surface area contributed by atoms with Crippen LogP contribution in [0.1, 0.15) is 15.9 Å². The van der Waals surface area contributed by atoms with Crippen LogP contribution in [-0.4, -0.2) is 43.5 Å². The van der Waals surface area contributed by atoms with Crippen molar-refractivity contribution in [3.05, 3.63) is 39.4 Å². The van der Waals surface area contributed by atoms with Gasteiger partial charge in [0.25, 0.3) is 11.6 Å². The summed E-state index contributed by atoms with van der Waals surface area (Å²) >= 11 is 0. The summed E-state index contributed by atoms with van der Waals surface area (Å²) in [5.74, 6) is -0.901. The first kappa shape index (κ1) is 16.6. The molecule has 0 aliphatic heterocycles. The van der Waals surface area contributed by atoms with Crippen molar-refractivity contribution in [2.75, 3.05) is 26.8 Å². The highest BCUT2D eigenvalue weighted by atomic mass is 16.6. The lowest BCUT2D eigenvalue weighted by Gasteiger charge is -2.07. The van der Waals surface area contributed by atoms with Gasteiger partial charge in [-0.25, -0.2) is 0 Å². The number of ether oxygens (including phenoxy) is 1. The Hall–Kier alpha value is -2.48. The molecule has 0 aliphatic carbocycles. The topological polar surface area (TPSA) is 111 Å². The van der Waals surface area contributed by atoms with Crippen LogP contribution in [0.15, 0.2) is 18.2 Å². The number of aryl methyl sites for hydroxylation is 1. The number of hydrogen-bond acceptors (Lipinski definition) is 5. The summed E-state index contributed by atoms with van der Waals surface area (Å²) in [5, 5.41) is 15.7. The van der Waals surface area contributed by atoms with Gasteiger partial charge in [0.15, 0.2) is 0 Å². The van der Waals surface area contributed by atoms with Gasteiger partial charge in [-0.05, 0) is 13.0 Å². The molecule has 21 heavy (non-hydrogen) atoms. The second-order valence-electron chi connectivity index (χ2n) is 4.28. The van der Waals surface area contributed by atoms with Crippen LogP contribution in [0, 0.1) is 17.0 Å². The van der Waals surface area contributed by atoms with Crippen molar-refractivity contribution in [3.8, 4) is 0 Å². The first-order valence-electron chi connectivity index (χ1n) is 6.24.